The quantitative estimate of drug-likeness (QED) is 0.831. The molecular formula is C14H16BrFN4O2. The van der Waals surface area contributed by atoms with Crippen molar-refractivity contribution in [1.82, 2.24) is 15.0 Å². The topological polar surface area (TPSA) is 60.3 Å². The Morgan fingerprint density at radius 2 is 2.23 bits per heavy atom. The van der Waals surface area contributed by atoms with Gasteiger partial charge in [0.15, 0.2) is 0 Å². The van der Waals surface area contributed by atoms with E-state index < -0.39 is 11.9 Å². The first kappa shape index (κ1) is 16.4. The van der Waals surface area contributed by atoms with Crippen LogP contribution in [0.3, 0.4) is 0 Å². The Hall–Kier alpha value is -1.96. The van der Waals surface area contributed by atoms with Crippen molar-refractivity contribution in [2.24, 2.45) is 0 Å². The van der Waals surface area contributed by atoms with Crippen LogP contribution in [0.5, 0.6) is 0 Å². The average molecular weight is 371 g/mol. The third-order valence-electron chi connectivity index (χ3n) is 2.95. The number of anilines is 1. The second-order valence-electron chi connectivity index (χ2n) is 4.34. The molecule has 0 N–H and O–H groups in total. The Labute approximate surface area is 136 Å². The van der Waals surface area contributed by atoms with Crippen LogP contribution in [0.4, 0.5) is 14.9 Å². The second kappa shape index (κ2) is 7.35. The predicted octanol–water partition coefficient (Wildman–Crippen LogP) is 3.23. The summed E-state index contributed by atoms with van der Waals surface area (Å²) in [6, 6.07) is 4.51. The first-order valence-corrected chi connectivity index (χ1v) is 7.70. The third-order valence-corrected chi connectivity index (χ3v) is 3.59. The molecule has 8 heteroatoms. The molecule has 0 radical (unpaired) electrons. The number of hydrogen-bond acceptors (Lipinski definition) is 4. The van der Waals surface area contributed by atoms with E-state index >= 15 is 0 Å². The Bertz CT molecular complexity index is 636. The van der Waals surface area contributed by atoms with Gasteiger partial charge >= 0.3 is 6.09 Å². The van der Waals surface area contributed by atoms with Gasteiger partial charge in [-0.05, 0) is 34.1 Å². The van der Waals surface area contributed by atoms with Crippen molar-refractivity contribution in [2.45, 2.75) is 26.5 Å². The van der Waals surface area contributed by atoms with Crippen molar-refractivity contribution in [3.8, 4) is 0 Å². The van der Waals surface area contributed by atoms with Crippen LogP contribution < -0.4 is 4.90 Å². The summed E-state index contributed by atoms with van der Waals surface area (Å²) in [4.78, 5) is 13.2. The van der Waals surface area contributed by atoms with Crippen LogP contribution in [0.25, 0.3) is 0 Å². The van der Waals surface area contributed by atoms with Crippen molar-refractivity contribution in [1.29, 1.82) is 0 Å². The standard InChI is InChI=1S/C12H10BrFN4O2.C2H6/c13-10-2-1-8(5-11(10)14)18-7-9(20-12(18)19)6-17-4-3-15-16-17;1-2/h1-5,9H,6-7H2;1-2H3. The van der Waals surface area contributed by atoms with E-state index in [1.165, 1.54) is 11.0 Å². The van der Waals surface area contributed by atoms with Crippen LogP contribution in [0.2, 0.25) is 0 Å². The molecule has 1 atom stereocenters. The van der Waals surface area contributed by atoms with Gasteiger partial charge in [-0.25, -0.2) is 13.9 Å². The molecule has 6 nitrogen and oxygen atoms in total. The lowest BCUT2D eigenvalue weighted by Gasteiger charge is -2.13. The molecular weight excluding hydrogens is 355 g/mol. The molecule has 1 aliphatic heterocycles. The molecule has 1 unspecified atom stereocenters. The number of rotatable bonds is 3. The minimum atomic E-state index is -0.489. The number of amides is 1. The fourth-order valence-electron chi connectivity index (χ4n) is 2.02. The van der Waals surface area contributed by atoms with E-state index in [4.69, 9.17) is 4.74 Å². The van der Waals surface area contributed by atoms with E-state index in [1.54, 1.807) is 29.2 Å². The zero-order valence-corrected chi connectivity index (χ0v) is 13.8. The molecule has 0 saturated carbocycles. The van der Waals surface area contributed by atoms with Crippen LogP contribution in [0.15, 0.2) is 35.1 Å². The van der Waals surface area contributed by atoms with Crippen LogP contribution in [-0.2, 0) is 11.3 Å². The molecule has 22 heavy (non-hydrogen) atoms. The summed E-state index contributed by atoms with van der Waals surface area (Å²) in [6.07, 6.45) is 2.42. The van der Waals surface area contributed by atoms with Gasteiger partial charge in [-0.15, -0.1) is 5.10 Å². The van der Waals surface area contributed by atoms with E-state index in [9.17, 15) is 9.18 Å². The van der Waals surface area contributed by atoms with E-state index in [2.05, 4.69) is 26.2 Å². The zero-order valence-electron chi connectivity index (χ0n) is 12.2. The first-order chi connectivity index (χ1) is 10.6. The summed E-state index contributed by atoms with van der Waals surface area (Å²) in [5, 5.41) is 7.50. The van der Waals surface area contributed by atoms with Crippen molar-refractivity contribution < 1.29 is 13.9 Å². The smallest absolute Gasteiger partial charge is 0.414 e. The normalized spacial score (nSPS) is 17.0. The van der Waals surface area contributed by atoms with E-state index in [0.717, 1.165) is 0 Å². The number of aromatic nitrogens is 3. The minimum absolute atomic E-state index is 0.337. The lowest BCUT2D eigenvalue weighted by atomic mass is 10.2. The largest absolute Gasteiger partial charge is 0.442 e. The molecule has 0 spiro atoms. The van der Waals surface area contributed by atoms with Crippen molar-refractivity contribution in [3.63, 3.8) is 0 Å². The number of carbonyl (C=O) groups is 1. The number of benzene rings is 1. The van der Waals surface area contributed by atoms with Gasteiger partial charge in [0.05, 0.1) is 29.4 Å². The summed E-state index contributed by atoms with van der Waals surface area (Å²) in [7, 11) is 0. The van der Waals surface area contributed by atoms with Gasteiger partial charge in [0, 0.05) is 6.20 Å². The van der Waals surface area contributed by atoms with Gasteiger partial charge in [-0.1, -0.05) is 19.1 Å². The van der Waals surface area contributed by atoms with Crippen LogP contribution >= 0.6 is 15.9 Å². The Morgan fingerprint density at radius 1 is 1.45 bits per heavy atom. The fourth-order valence-corrected chi connectivity index (χ4v) is 2.27. The number of halogens is 2. The molecule has 0 bridgehead atoms. The van der Waals surface area contributed by atoms with E-state index in [-0.39, 0.29) is 6.10 Å². The van der Waals surface area contributed by atoms with Crippen LogP contribution in [0.1, 0.15) is 13.8 Å². The number of nitrogens with zero attached hydrogens (tertiary/aromatic N) is 4. The molecule has 2 heterocycles. The van der Waals surface area contributed by atoms with Crippen molar-refractivity contribution in [2.75, 3.05) is 11.4 Å². The summed E-state index contributed by atoms with van der Waals surface area (Å²) in [5.74, 6) is -0.421. The van der Waals surface area contributed by atoms with Gasteiger partial charge in [0.2, 0.25) is 0 Å². The monoisotopic (exact) mass is 370 g/mol. The Kier molecular flexibility index (Phi) is 5.48. The number of cyclic esters (lactones) is 1. The van der Waals surface area contributed by atoms with Gasteiger partial charge in [0.25, 0.3) is 0 Å². The number of carbonyl (C=O) groups excluding carboxylic acids is 1. The highest BCUT2D eigenvalue weighted by molar-refractivity contribution is 9.10. The Balaban J connectivity index is 0.000000847. The molecule has 118 valence electrons. The lowest BCUT2D eigenvalue weighted by Crippen LogP contribution is -2.26. The average Bonchev–Trinajstić information content (AvgIpc) is 3.14. The molecule has 1 saturated heterocycles. The predicted molar refractivity (Wildman–Crippen MR) is 83.1 cm³/mol. The number of ether oxygens (including phenoxy) is 1. The third kappa shape index (κ3) is 3.62. The van der Waals surface area contributed by atoms with Gasteiger partial charge in [0.1, 0.15) is 11.9 Å². The molecule has 1 aromatic heterocycles. The van der Waals surface area contributed by atoms with Crippen molar-refractivity contribution >= 4 is 27.7 Å². The highest BCUT2D eigenvalue weighted by Gasteiger charge is 2.33. The van der Waals surface area contributed by atoms with Gasteiger partial charge < -0.3 is 4.74 Å². The van der Waals surface area contributed by atoms with Gasteiger partial charge in [-0.3, -0.25) is 4.90 Å². The summed E-state index contributed by atoms with van der Waals surface area (Å²) in [6.45, 7) is 4.76. The maximum Gasteiger partial charge on any atom is 0.414 e. The highest BCUT2D eigenvalue weighted by atomic mass is 79.9. The van der Waals surface area contributed by atoms with Gasteiger partial charge in [-0.2, -0.15) is 0 Å². The number of hydrogen-bond donors (Lipinski definition) is 0. The first-order valence-electron chi connectivity index (χ1n) is 6.91. The Morgan fingerprint density at radius 3 is 2.86 bits per heavy atom. The summed E-state index contributed by atoms with van der Waals surface area (Å²) in [5.41, 5.74) is 0.469. The maximum atomic E-state index is 13.5. The SMILES string of the molecule is CC.O=C1OC(Cn2ccnn2)CN1c1ccc(Br)c(F)c1. The highest BCUT2D eigenvalue weighted by Crippen LogP contribution is 2.26. The lowest BCUT2D eigenvalue weighted by molar-refractivity contribution is 0.129. The molecule has 0 aliphatic carbocycles. The van der Waals surface area contributed by atoms with E-state index in [0.29, 0.717) is 23.2 Å². The minimum Gasteiger partial charge on any atom is -0.442 e. The molecule has 3 rings (SSSR count). The van der Waals surface area contributed by atoms with Crippen LogP contribution in [0, 0.1) is 5.82 Å². The molecule has 1 aromatic carbocycles. The maximum absolute atomic E-state index is 13.5. The van der Waals surface area contributed by atoms with E-state index in [1.807, 2.05) is 13.8 Å². The molecule has 1 aliphatic rings. The second-order valence-corrected chi connectivity index (χ2v) is 5.19. The fraction of sp³-hybridized carbons (Fsp3) is 0.357. The zero-order chi connectivity index (χ0) is 16.1. The van der Waals surface area contributed by atoms with Crippen LogP contribution in [-0.4, -0.2) is 33.7 Å². The molecule has 1 fully saturated rings. The molecule has 1 amide bonds. The van der Waals surface area contributed by atoms with Crippen molar-refractivity contribution in [3.05, 3.63) is 40.9 Å². The molecule has 2 aromatic rings. The summed E-state index contributed by atoms with van der Waals surface area (Å²) < 4.78 is 20.7. The summed E-state index contributed by atoms with van der Waals surface area (Å²) >= 11 is 3.08.